The highest BCUT2D eigenvalue weighted by atomic mass is 35.5. The molecule has 0 aliphatic rings. The number of rotatable bonds is 4. The third-order valence-corrected chi connectivity index (χ3v) is 3.90. The minimum absolute atomic E-state index is 0.282. The summed E-state index contributed by atoms with van der Waals surface area (Å²) in [5, 5.41) is 3.54. The van der Waals surface area contributed by atoms with Crippen LogP contribution in [0.5, 0.6) is 0 Å². The van der Waals surface area contributed by atoms with Crippen LogP contribution < -0.4 is 5.32 Å². The molecule has 0 radical (unpaired) electrons. The summed E-state index contributed by atoms with van der Waals surface area (Å²) in [5.41, 5.74) is 2.51. The van der Waals surface area contributed by atoms with Crippen LogP contribution >= 0.6 is 11.6 Å². The molecule has 0 unspecified atom stereocenters. The highest BCUT2D eigenvalue weighted by Gasteiger charge is 2.10. The fourth-order valence-corrected chi connectivity index (χ4v) is 2.55. The molecule has 2 aromatic carbocycles. The molecule has 112 valence electrons. The quantitative estimate of drug-likeness (QED) is 0.768. The van der Waals surface area contributed by atoms with Gasteiger partial charge in [-0.3, -0.25) is 0 Å². The van der Waals surface area contributed by atoms with Crippen molar-refractivity contribution in [3.05, 3.63) is 71.1 Å². The van der Waals surface area contributed by atoms with E-state index < -0.39 is 0 Å². The zero-order chi connectivity index (χ0) is 15.5. The number of hydrogen-bond donors (Lipinski definition) is 1. The van der Waals surface area contributed by atoms with Gasteiger partial charge in [-0.2, -0.15) is 0 Å². The molecule has 1 N–H and O–H groups in total. The van der Waals surface area contributed by atoms with Crippen LogP contribution in [-0.4, -0.2) is 9.55 Å². The lowest BCUT2D eigenvalue weighted by Gasteiger charge is -2.10. The van der Waals surface area contributed by atoms with Gasteiger partial charge in [-0.25, -0.2) is 9.37 Å². The maximum atomic E-state index is 13.8. The molecule has 1 heterocycles. The number of benzene rings is 2. The van der Waals surface area contributed by atoms with Gasteiger partial charge in [0, 0.05) is 24.2 Å². The Labute approximate surface area is 133 Å². The fourth-order valence-electron chi connectivity index (χ4n) is 2.32. The van der Waals surface area contributed by atoms with Crippen molar-refractivity contribution >= 4 is 17.5 Å². The molecule has 0 aliphatic heterocycles. The summed E-state index contributed by atoms with van der Waals surface area (Å²) in [6, 6.07) is 14.6. The van der Waals surface area contributed by atoms with Crippen molar-refractivity contribution in [3.63, 3.8) is 0 Å². The Morgan fingerprint density at radius 2 is 1.91 bits per heavy atom. The zero-order valence-corrected chi connectivity index (χ0v) is 12.8. The van der Waals surface area contributed by atoms with Gasteiger partial charge in [0.25, 0.3) is 0 Å². The lowest BCUT2D eigenvalue weighted by atomic mass is 10.2. The highest BCUT2D eigenvalue weighted by Crippen LogP contribution is 2.23. The molecule has 0 aliphatic carbocycles. The van der Waals surface area contributed by atoms with Crippen molar-refractivity contribution in [2.45, 2.75) is 6.54 Å². The molecule has 0 amide bonds. The second-order valence-corrected chi connectivity index (χ2v) is 5.35. The molecule has 1 aromatic heterocycles. The van der Waals surface area contributed by atoms with E-state index in [0.29, 0.717) is 16.5 Å². The number of hydrogen-bond acceptors (Lipinski definition) is 2. The van der Waals surface area contributed by atoms with Crippen LogP contribution in [0.1, 0.15) is 5.56 Å². The molecule has 0 atom stereocenters. The summed E-state index contributed by atoms with van der Waals surface area (Å²) in [6.45, 7) is 0.282. The number of nitrogens with zero attached hydrogens (tertiary/aromatic N) is 2. The Bertz CT molecular complexity index is 764. The molecular formula is C17H15ClFN3. The monoisotopic (exact) mass is 315 g/mol. The highest BCUT2D eigenvalue weighted by molar-refractivity contribution is 6.31. The molecule has 0 saturated heterocycles. The van der Waals surface area contributed by atoms with Crippen LogP contribution in [0.25, 0.3) is 11.3 Å². The average Bonchev–Trinajstić information content (AvgIpc) is 2.89. The van der Waals surface area contributed by atoms with Gasteiger partial charge < -0.3 is 9.88 Å². The maximum Gasteiger partial charge on any atom is 0.203 e. The number of aromatic nitrogens is 2. The summed E-state index contributed by atoms with van der Waals surface area (Å²) in [6.07, 6.45) is 1.79. The van der Waals surface area contributed by atoms with E-state index in [-0.39, 0.29) is 12.4 Å². The maximum absolute atomic E-state index is 13.8. The van der Waals surface area contributed by atoms with Crippen molar-refractivity contribution in [3.8, 4) is 11.3 Å². The van der Waals surface area contributed by atoms with Gasteiger partial charge in [0.1, 0.15) is 5.82 Å². The first kappa shape index (κ1) is 14.6. The first-order valence-electron chi connectivity index (χ1n) is 6.90. The van der Waals surface area contributed by atoms with E-state index in [1.54, 1.807) is 18.3 Å². The van der Waals surface area contributed by atoms with E-state index in [1.807, 2.05) is 41.9 Å². The number of imidazole rings is 1. The lowest BCUT2D eigenvalue weighted by Crippen LogP contribution is -2.07. The minimum atomic E-state index is -0.322. The number of anilines is 1. The first-order valence-corrected chi connectivity index (χ1v) is 7.28. The second kappa shape index (κ2) is 6.20. The van der Waals surface area contributed by atoms with Gasteiger partial charge in [0.15, 0.2) is 0 Å². The van der Waals surface area contributed by atoms with Crippen LogP contribution in [0.4, 0.5) is 10.3 Å². The normalized spacial score (nSPS) is 10.7. The summed E-state index contributed by atoms with van der Waals surface area (Å²) in [7, 11) is 1.92. The summed E-state index contributed by atoms with van der Waals surface area (Å²) in [4.78, 5) is 4.35. The van der Waals surface area contributed by atoms with Crippen molar-refractivity contribution in [1.82, 2.24) is 9.55 Å². The molecule has 22 heavy (non-hydrogen) atoms. The Kier molecular flexibility index (Phi) is 4.11. The van der Waals surface area contributed by atoms with Crippen molar-refractivity contribution < 1.29 is 4.39 Å². The van der Waals surface area contributed by atoms with Crippen LogP contribution in [0.3, 0.4) is 0 Å². The van der Waals surface area contributed by atoms with Crippen LogP contribution in [0, 0.1) is 5.82 Å². The molecule has 3 nitrogen and oxygen atoms in total. The molecular weight excluding hydrogens is 301 g/mol. The Hall–Kier alpha value is -2.33. The predicted octanol–water partition coefficient (Wildman–Crippen LogP) is 4.49. The molecule has 3 aromatic rings. The smallest absolute Gasteiger partial charge is 0.203 e. The lowest BCUT2D eigenvalue weighted by molar-refractivity contribution is 0.612. The first-order chi connectivity index (χ1) is 10.7. The number of nitrogens with one attached hydrogen (secondary N) is 1. The molecule has 0 saturated carbocycles. The molecule has 0 fully saturated rings. The SMILES string of the molecule is Cn1c(-c2ccccc2)cnc1NCc1c(F)cccc1Cl. The standard InChI is InChI=1S/C17H15ClFN3/c1-22-16(12-6-3-2-4-7-12)11-21-17(22)20-10-13-14(18)8-5-9-15(13)19/h2-9,11H,10H2,1H3,(H,20,21). The molecule has 0 spiro atoms. The molecule has 0 bridgehead atoms. The third kappa shape index (κ3) is 2.83. The van der Waals surface area contributed by atoms with Crippen LogP contribution in [0.15, 0.2) is 54.7 Å². The van der Waals surface area contributed by atoms with Crippen molar-refractivity contribution in [2.75, 3.05) is 5.32 Å². The van der Waals surface area contributed by atoms with E-state index in [4.69, 9.17) is 11.6 Å². The zero-order valence-electron chi connectivity index (χ0n) is 12.1. The second-order valence-electron chi connectivity index (χ2n) is 4.95. The van der Waals surface area contributed by atoms with Gasteiger partial charge in [-0.05, 0) is 17.7 Å². The molecule has 3 rings (SSSR count). The molecule has 5 heteroatoms. The van der Waals surface area contributed by atoms with Crippen molar-refractivity contribution in [1.29, 1.82) is 0 Å². The van der Waals surface area contributed by atoms with Crippen LogP contribution in [0.2, 0.25) is 5.02 Å². The van der Waals surface area contributed by atoms with Gasteiger partial charge in [-0.1, -0.05) is 48.0 Å². The topological polar surface area (TPSA) is 29.9 Å². The van der Waals surface area contributed by atoms with Gasteiger partial charge >= 0.3 is 0 Å². The number of halogens is 2. The largest absolute Gasteiger partial charge is 0.351 e. The Balaban J connectivity index is 1.81. The summed E-state index contributed by atoms with van der Waals surface area (Å²) in [5.74, 6) is 0.343. The summed E-state index contributed by atoms with van der Waals surface area (Å²) < 4.78 is 15.7. The Morgan fingerprint density at radius 3 is 2.64 bits per heavy atom. The fraction of sp³-hybridized carbons (Fsp3) is 0.118. The van der Waals surface area contributed by atoms with Gasteiger partial charge in [0.2, 0.25) is 5.95 Å². The van der Waals surface area contributed by atoms with E-state index in [9.17, 15) is 4.39 Å². The third-order valence-electron chi connectivity index (χ3n) is 3.54. The average molecular weight is 316 g/mol. The predicted molar refractivity (Wildman–Crippen MR) is 87.4 cm³/mol. The van der Waals surface area contributed by atoms with E-state index in [1.165, 1.54) is 6.07 Å². The van der Waals surface area contributed by atoms with E-state index >= 15 is 0 Å². The summed E-state index contributed by atoms with van der Waals surface area (Å²) >= 11 is 6.03. The van der Waals surface area contributed by atoms with Gasteiger partial charge in [-0.15, -0.1) is 0 Å². The minimum Gasteiger partial charge on any atom is -0.351 e. The van der Waals surface area contributed by atoms with Gasteiger partial charge in [0.05, 0.1) is 11.9 Å². The van der Waals surface area contributed by atoms with E-state index in [0.717, 1.165) is 11.3 Å². The van der Waals surface area contributed by atoms with Crippen LogP contribution in [-0.2, 0) is 13.6 Å². The Morgan fingerprint density at radius 1 is 1.14 bits per heavy atom. The van der Waals surface area contributed by atoms with E-state index in [2.05, 4.69) is 10.3 Å². The van der Waals surface area contributed by atoms with Crippen molar-refractivity contribution in [2.24, 2.45) is 7.05 Å².